The van der Waals surface area contributed by atoms with Crippen molar-refractivity contribution in [2.24, 2.45) is 0 Å². The fourth-order valence-electron chi connectivity index (χ4n) is 2.01. The van der Waals surface area contributed by atoms with Gasteiger partial charge in [-0.15, -0.1) is 0 Å². The topological polar surface area (TPSA) is 21.3 Å². The van der Waals surface area contributed by atoms with Gasteiger partial charge in [-0.1, -0.05) is 19.9 Å². The van der Waals surface area contributed by atoms with Crippen LogP contribution in [0.5, 0.6) is 5.75 Å². The first-order valence-corrected chi connectivity index (χ1v) is 6.46. The molecule has 2 nitrogen and oxygen atoms in total. The van der Waals surface area contributed by atoms with Crippen LogP contribution in [-0.4, -0.2) is 19.7 Å². The Kier molecular flexibility index (Phi) is 5.49. The van der Waals surface area contributed by atoms with Crippen LogP contribution in [0.15, 0.2) is 18.2 Å². The predicted molar refractivity (Wildman–Crippen MR) is 73.9 cm³/mol. The first-order valence-electron chi connectivity index (χ1n) is 6.46. The monoisotopic (exact) mass is 235 g/mol. The van der Waals surface area contributed by atoms with Crippen LogP contribution in [0.3, 0.4) is 0 Å². The van der Waals surface area contributed by atoms with E-state index in [0.717, 1.165) is 18.7 Å². The first-order chi connectivity index (χ1) is 8.04. The lowest BCUT2D eigenvalue weighted by atomic mass is 9.98. The van der Waals surface area contributed by atoms with E-state index in [9.17, 15) is 0 Å². The highest BCUT2D eigenvalue weighted by atomic mass is 16.5. The minimum absolute atomic E-state index is 0.256. The van der Waals surface area contributed by atoms with Crippen molar-refractivity contribution in [1.82, 2.24) is 5.32 Å². The van der Waals surface area contributed by atoms with E-state index in [2.05, 4.69) is 51.2 Å². The van der Waals surface area contributed by atoms with Crippen LogP contribution in [0.25, 0.3) is 0 Å². The molecule has 0 fully saturated rings. The van der Waals surface area contributed by atoms with Crippen LogP contribution in [-0.2, 0) is 0 Å². The molecular weight excluding hydrogens is 210 g/mol. The highest BCUT2D eigenvalue weighted by molar-refractivity contribution is 5.36. The molecule has 17 heavy (non-hydrogen) atoms. The zero-order valence-electron chi connectivity index (χ0n) is 11.7. The molecule has 0 heterocycles. The first kappa shape index (κ1) is 14.0. The van der Waals surface area contributed by atoms with Gasteiger partial charge in [0.15, 0.2) is 0 Å². The molecule has 0 bridgehead atoms. The lowest BCUT2D eigenvalue weighted by molar-refractivity contribution is 0.211. The van der Waals surface area contributed by atoms with E-state index in [1.807, 2.05) is 7.05 Å². The molecular formula is C15H25NO. The number of nitrogens with one attached hydrogen (secondary N) is 1. The highest BCUT2D eigenvalue weighted by Crippen LogP contribution is 2.24. The summed E-state index contributed by atoms with van der Waals surface area (Å²) in [7, 11) is 1.97. The van der Waals surface area contributed by atoms with Crippen molar-refractivity contribution in [2.75, 3.05) is 13.6 Å². The molecule has 1 aromatic carbocycles. The summed E-state index contributed by atoms with van der Waals surface area (Å²) in [6.07, 6.45) is 1.29. The molecule has 2 heteroatoms. The maximum atomic E-state index is 5.89. The Morgan fingerprint density at radius 2 is 1.94 bits per heavy atom. The molecule has 96 valence electrons. The number of aryl methyl sites for hydroxylation is 1. The van der Waals surface area contributed by atoms with Gasteiger partial charge in [-0.2, -0.15) is 0 Å². The van der Waals surface area contributed by atoms with Gasteiger partial charge in [-0.3, -0.25) is 0 Å². The molecule has 0 radical (unpaired) electrons. The maximum absolute atomic E-state index is 5.89. The summed E-state index contributed by atoms with van der Waals surface area (Å²) in [5, 5.41) is 3.14. The lowest BCUT2D eigenvalue weighted by Gasteiger charge is -2.17. The average Bonchev–Trinajstić information content (AvgIpc) is 2.26. The second kappa shape index (κ2) is 6.65. The minimum atomic E-state index is 0.256. The van der Waals surface area contributed by atoms with Crippen molar-refractivity contribution >= 4 is 0 Å². The fourth-order valence-corrected chi connectivity index (χ4v) is 2.01. The standard InChI is InChI=1S/C15H25NO/c1-11(2)15-7-6-14(10-12(15)3)17-13(4)8-9-16-5/h6-7,10-11,13,16H,8-9H2,1-5H3. The van der Waals surface area contributed by atoms with E-state index < -0.39 is 0 Å². The predicted octanol–water partition coefficient (Wildman–Crippen LogP) is 3.50. The summed E-state index contributed by atoms with van der Waals surface area (Å²) in [5.41, 5.74) is 2.72. The molecule has 1 unspecified atom stereocenters. The average molecular weight is 235 g/mol. The van der Waals surface area contributed by atoms with Crippen LogP contribution < -0.4 is 10.1 Å². The Morgan fingerprint density at radius 3 is 2.47 bits per heavy atom. The van der Waals surface area contributed by atoms with Crippen molar-refractivity contribution in [3.63, 3.8) is 0 Å². The lowest BCUT2D eigenvalue weighted by Crippen LogP contribution is -2.19. The maximum Gasteiger partial charge on any atom is 0.119 e. The summed E-state index contributed by atoms with van der Waals surface area (Å²) >= 11 is 0. The molecule has 0 aliphatic rings. The van der Waals surface area contributed by atoms with Gasteiger partial charge < -0.3 is 10.1 Å². The number of hydrogen-bond acceptors (Lipinski definition) is 2. The zero-order chi connectivity index (χ0) is 12.8. The molecule has 1 atom stereocenters. The van der Waals surface area contributed by atoms with Crippen molar-refractivity contribution < 1.29 is 4.74 Å². The van der Waals surface area contributed by atoms with Gasteiger partial charge in [0.05, 0.1) is 6.10 Å². The van der Waals surface area contributed by atoms with Gasteiger partial charge in [0.25, 0.3) is 0 Å². The second-order valence-corrected chi connectivity index (χ2v) is 4.99. The number of benzene rings is 1. The molecule has 1 N–H and O–H groups in total. The number of hydrogen-bond donors (Lipinski definition) is 1. The number of ether oxygens (including phenoxy) is 1. The van der Waals surface area contributed by atoms with E-state index in [1.54, 1.807) is 0 Å². The molecule has 0 aliphatic heterocycles. The van der Waals surface area contributed by atoms with Crippen LogP contribution in [0.1, 0.15) is 44.2 Å². The van der Waals surface area contributed by atoms with Crippen LogP contribution in [0.4, 0.5) is 0 Å². The van der Waals surface area contributed by atoms with Gasteiger partial charge in [0.2, 0.25) is 0 Å². The van der Waals surface area contributed by atoms with Crippen LogP contribution in [0, 0.1) is 6.92 Å². The van der Waals surface area contributed by atoms with E-state index in [1.165, 1.54) is 11.1 Å². The normalized spacial score (nSPS) is 12.8. The third-order valence-corrected chi connectivity index (χ3v) is 3.00. The van der Waals surface area contributed by atoms with E-state index in [-0.39, 0.29) is 6.10 Å². The Balaban J connectivity index is 2.64. The molecule has 0 saturated heterocycles. The van der Waals surface area contributed by atoms with E-state index in [0.29, 0.717) is 5.92 Å². The summed E-state index contributed by atoms with van der Waals surface area (Å²) in [6.45, 7) is 9.70. The third kappa shape index (κ3) is 4.39. The smallest absolute Gasteiger partial charge is 0.119 e. The summed E-state index contributed by atoms with van der Waals surface area (Å²) in [4.78, 5) is 0. The van der Waals surface area contributed by atoms with Gasteiger partial charge >= 0.3 is 0 Å². The highest BCUT2D eigenvalue weighted by Gasteiger charge is 2.07. The molecule has 0 saturated carbocycles. The molecule has 0 aliphatic carbocycles. The molecule has 1 rings (SSSR count). The van der Waals surface area contributed by atoms with E-state index in [4.69, 9.17) is 4.74 Å². The minimum Gasteiger partial charge on any atom is -0.491 e. The Hall–Kier alpha value is -1.02. The third-order valence-electron chi connectivity index (χ3n) is 3.00. The molecule has 0 amide bonds. The summed E-state index contributed by atoms with van der Waals surface area (Å²) < 4.78 is 5.89. The van der Waals surface area contributed by atoms with Crippen LogP contribution >= 0.6 is 0 Å². The van der Waals surface area contributed by atoms with Gasteiger partial charge in [0, 0.05) is 0 Å². The van der Waals surface area contributed by atoms with E-state index >= 15 is 0 Å². The zero-order valence-corrected chi connectivity index (χ0v) is 11.7. The van der Waals surface area contributed by atoms with Crippen molar-refractivity contribution in [2.45, 2.75) is 46.1 Å². The van der Waals surface area contributed by atoms with Gasteiger partial charge in [-0.25, -0.2) is 0 Å². The molecule has 1 aromatic rings. The second-order valence-electron chi connectivity index (χ2n) is 4.99. The number of rotatable bonds is 6. The quantitative estimate of drug-likeness (QED) is 0.815. The largest absolute Gasteiger partial charge is 0.491 e. The Bertz CT molecular complexity index is 347. The SMILES string of the molecule is CNCCC(C)Oc1ccc(C(C)C)c(C)c1. The van der Waals surface area contributed by atoms with Crippen molar-refractivity contribution in [3.8, 4) is 5.75 Å². The molecule has 0 spiro atoms. The van der Waals surface area contributed by atoms with Crippen molar-refractivity contribution in [3.05, 3.63) is 29.3 Å². The molecule has 0 aromatic heterocycles. The summed E-state index contributed by atoms with van der Waals surface area (Å²) in [5.74, 6) is 1.56. The summed E-state index contributed by atoms with van der Waals surface area (Å²) in [6, 6.07) is 6.41. The van der Waals surface area contributed by atoms with Crippen molar-refractivity contribution in [1.29, 1.82) is 0 Å². The Labute approximate surface area is 105 Å². The Morgan fingerprint density at radius 1 is 1.24 bits per heavy atom. The van der Waals surface area contributed by atoms with Crippen LogP contribution in [0.2, 0.25) is 0 Å². The van der Waals surface area contributed by atoms with Gasteiger partial charge in [-0.05, 0) is 63.0 Å². The fraction of sp³-hybridized carbons (Fsp3) is 0.600. The van der Waals surface area contributed by atoms with Gasteiger partial charge in [0.1, 0.15) is 5.75 Å².